The zero-order valence-corrected chi connectivity index (χ0v) is 19.7. The number of hydrogen-bond acceptors (Lipinski definition) is 4. The molecule has 6 heteroatoms. The average Bonchev–Trinajstić information content (AvgIpc) is 2.73. The van der Waals surface area contributed by atoms with Gasteiger partial charge in [-0.25, -0.2) is 0 Å². The van der Waals surface area contributed by atoms with Gasteiger partial charge >= 0.3 is 0 Å². The van der Waals surface area contributed by atoms with Gasteiger partial charge in [0.15, 0.2) is 5.96 Å². The molecule has 0 radical (unpaired) electrons. The zero-order valence-electron chi connectivity index (χ0n) is 19.7. The highest BCUT2D eigenvalue weighted by molar-refractivity contribution is 5.80. The van der Waals surface area contributed by atoms with Crippen LogP contribution in [-0.4, -0.2) is 93.2 Å². The molecule has 30 heavy (non-hydrogen) atoms. The summed E-state index contributed by atoms with van der Waals surface area (Å²) in [6.45, 7) is 18.8. The van der Waals surface area contributed by atoms with E-state index in [1.54, 1.807) is 0 Å². The van der Waals surface area contributed by atoms with Crippen molar-refractivity contribution in [1.29, 1.82) is 0 Å². The number of aryl methyl sites for hydroxylation is 2. The van der Waals surface area contributed by atoms with Crippen LogP contribution in [0.1, 0.15) is 36.6 Å². The predicted molar refractivity (Wildman–Crippen MR) is 125 cm³/mol. The van der Waals surface area contributed by atoms with Gasteiger partial charge in [-0.3, -0.25) is 4.99 Å². The van der Waals surface area contributed by atoms with Crippen LogP contribution in [0.2, 0.25) is 0 Å². The molecule has 2 atom stereocenters. The third kappa shape index (κ3) is 6.43. The van der Waals surface area contributed by atoms with Crippen molar-refractivity contribution in [1.82, 2.24) is 20.0 Å². The van der Waals surface area contributed by atoms with Crippen molar-refractivity contribution >= 4 is 5.96 Å². The first-order chi connectivity index (χ1) is 14.5. The first-order valence-electron chi connectivity index (χ1n) is 11.6. The molecular formula is C24H41N5O. The van der Waals surface area contributed by atoms with E-state index in [2.05, 4.69) is 73.0 Å². The molecule has 2 aliphatic heterocycles. The molecule has 1 N–H and O–H groups in total. The Hall–Kier alpha value is -1.63. The van der Waals surface area contributed by atoms with E-state index in [1.807, 2.05) is 0 Å². The minimum Gasteiger partial charge on any atom is -0.370 e. The Labute approximate surface area is 183 Å². The molecule has 6 nitrogen and oxygen atoms in total. The Morgan fingerprint density at radius 1 is 1.20 bits per heavy atom. The molecule has 0 bridgehead atoms. The Bertz CT molecular complexity index is 699. The van der Waals surface area contributed by atoms with E-state index in [9.17, 15) is 0 Å². The fourth-order valence-electron chi connectivity index (χ4n) is 4.41. The molecule has 2 saturated heterocycles. The lowest BCUT2D eigenvalue weighted by Gasteiger charge is -2.36. The van der Waals surface area contributed by atoms with Gasteiger partial charge in [0.25, 0.3) is 0 Å². The normalized spacial score (nSPS) is 22.9. The SMILES string of the molecule is CCNC(=NCC(C)CN1CCN(C)CC1)N1CCOC(c2ccc(C)cc2C)C1. The van der Waals surface area contributed by atoms with E-state index in [4.69, 9.17) is 9.73 Å². The maximum Gasteiger partial charge on any atom is 0.194 e. The zero-order chi connectivity index (χ0) is 21.5. The van der Waals surface area contributed by atoms with Crippen molar-refractivity contribution in [2.75, 3.05) is 72.6 Å². The number of aliphatic imine (C=N–C) groups is 1. The number of hydrogen-bond donors (Lipinski definition) is 1. The Morgan fingerprint density at radius 3 is 2.67 bits per heavy atom. The highest BCUT2D eigenvalue weighted by atomic mass is 16.5. The van der Waals surface area contributed by atoms with Gasteiger partial charge in [-0.15, -0.1) is 0 Å². The van der Waals surface area contributed by atoms with Crippen LogP contribution >= 0.6 is 0 Å². The molecule has 2 fully saturated rings. The molecule has 3 rings (SSSR count). The van der Waals surface area contributed by atoms with Crippen LogP contribution in [-0.2, 0) is 4.74 Å². The lowest BCUT2D eigenvalue weighted by molar-refractivity contribution is -0.00836. The number of morpholine rings is 1. The molecule has 0 aromatic heterocycles. The fourth-order valence-corrected chi connectivity index (χ4v) is 4.41. The quantitative estimate of drug-likeness (QED) is 0.571. The molecule has 168 valence electrons. The van der Waals surface area contributed by atoms with E-state index >= 15 is 0 Å². The minimum absolute atomic E-state index is 0.103. The number of ether oxygens (including phenoxy) is 1. The molecule has 2 heterocycles. The molecule has 1 aromatic rings. The standard InChI is InChI=1S/C24H41N5O/c1-6-25-24(26-16-20(3)17-28-11-9-27(5)10-12-28)29-13-14-30-23(18-29)22-8-7-19(2)15-21(22)4/h7-8,15,20,23H,6,9-14,16-18H2,1-5H3,(H,25,26). The second-order valence-electron chi connectivity index (χ2n) is 9.07. The van der Waals surface area contributed by atoms with Gasteiger partial charge in [0.2, 0.25) is 0 Å². The number of nitrogens with one attached hydrogen (secondary N) is 1. The Kier molecular flexibility index (Phi) is 8.54. The molecule has 2 aliphatic rings. The van der Waals surface area contributed by atoms with Crippen LogP contribution in [0.5, 0.6) is 0 Å². The largest absolute Gasteiger partial charge is 0.370 e. The van der Waals surface area contributed by atoms with Gasteiger partial charge in [-0.05, 0) is 44.9 Å². The summed E-state index contributed by atoms with van der Waals surface area (Å²) in [5.74, 6) is 1.58. The van der Waals surface area contributed by atoms with Crippen molar-refractivity contribution < 1.29 is 4.74 Å². The van der Waals surface area contributed by atoms with Gasteiger partial charge < -0.3 is 24.8 Å². The van der Waals surface area contributed by atoms with Crippen LogP contribution in [0.4, 0.5) is 0 Å². The number of benzene rings is 1. The minimum atomic E-state index is 0.103. The molecular weight excluding hydrogens is 374 g/mol. The van der Waals surface area contributed by atoms with Crippen LogP contribution in [0, 0.1) is 19.8 Å². The maximum absolute atomic E-state index is 6.14. The third-order valence-corrected chi connectivity index (χ3v) is 6.19. The van der Waals surface area contributed by atoms with E-state index in [1.165, 1.54) is 42.9 Å². The average molecular weight is 416 g/mol. The van der Waals surface area contributed by atoms with Crippen molar-refractivity contribution in [3.8, 4) is 0 Å². The number of guanidine groups is 1. The number of rotatable bonds is 6. The Balaban J connectivity index is 1.59. The molecule has 0 aliphatic carbocycles. The van der Waals surface area contributed by atoms with E-state index < -0.39 is 0 Å². The van der Waals surface area contributed by atoms with E-state index in [-0.39, 0.29) is 6.10 Å². The van der Waals surface area contributed by atoms with E-state index in [0.717, 1.165) is 45.3 Å². The third-order valence-electron chi connectivity index (χ3n) is 6.19. The van der Waals surface area contributed by atoms with Gasteiger partial charge in [-0.2, -0.15) is 0 Å². The number of piperazine rings is 1. The lowest BCUT2D eigenvalue weighted by atomic mass is 10.00. The second kappa shape index (κ2) is 11.1. The maximum atomic E-state index is 6.14. The summed E-state index contributed by atoms with van der Waals surface area (Å²) >= 11 is 0. The monoisotopic (exact) mass is 415 g/mol. The highest BCUT2D eigenvalue weighted by Crippen LogP contribution is 2.26. The van der Waals surface area contributed by atoms with Crippen molar-refractivity contribution in [3.05, 3.63) is 34.9 Å². The summed E-state index contributed by atoms with van der Waals surface area (Å²) in [7, 11) is 2.21. The van der Waals surface area contributed by atoms with Crippen LogP contribution in [0.3, 0.4) is 0 Å². The van der Waals surface area contributed by atoms with Crippen LogP contribution < -0.4 is 5.32 Å². The summed E-state index contributed by atoms with van der Waals surface area (Å²) in [6, 6.07) is 6.65. The van der Waals surface area contributed by atoms with Gasteiger partial charge in [-0.1, -0.05) is 30.7 Å². The van der Waals surface area contributed by atoms with Gasteiger partial charge in [0, 0.05) is 52.4 Å². The van der Waals surface area contributed by atoms with E-state index in [0.29, 0.717) is 5.92 Å². The summed E-state index contributed by atoms with van der Waals surface area (Å²) in [5.41, 5.74) is 3.90. The van der Waals surface area contributed by atoms with Crippen molar-refractivity contribution in [3.63, 3.8) is 0 Å². The van der Waals surface area contributed by atoms with Crippen molar-refractivity contribution in [2.45, 2.75) is 33.8 Å². The molecule has 0 amide bonds. The first-order valence-corrected chi connectivity index (χ1v) is 11.6. The highest BCUT2D eigenvalue weighted by Gasteiger charge is 2.25. The Morgan fingerprint density at radius 2 is 1.97 bits per heavy atom. The van der Waals surface area contributed by atoms with Crippen LogP contribution in [0.15, 0.2) is 23.2 Å². The molecule has 1 aromatic carbocycles. The first kappa shape index (κ1) is 23.0. The van der Waals surface area contributed by atoms with Gasteiger partial charge in [0.05, 0.1) is 13.2 Å². The number of nitrogens with zero attached hydrogens (tertiary/aromatic N) is 4. The van der Waals surface area contributed by atoms with Crippen molar-refractivity contribution in [2.24, 2.45) is 10.9 Å². The molecule has 0 spiro atoms. The molecule has 2 unspecified atom stereocenters. The number of likely N-dealkylation sites (N-methyl/N-ethyl adjacent to an activating group) is 1. The van der Waals surface area contributed by atoms with Gasteiger partial charge in [0.1, 0.15) is 6.10 Å². The fraction of sp³-hybridized carbons (Fsp3) is 0.708. The summed E-state index contributed by atoms with van der Waals surface area (Å²) < 4.78 is 6.14. The summed E-state index contributed by atoms with van der Waals surface area (Å²) in [6.07, 6.45) is 0.103. The summed E-state index contributed by atoms with van der Waals surface area (Å²) in [4.78, 5) is 12.4. The van der Waals surface area contributed by atoms with Crippen LogP contribution in [0.25, 0.3) is 0 Å². The second-order valence-corrected chi connectivity index (χ2v) is 9.07. The molecule has 0 saturated carbocycles. The smallest absolute Gasteiger partial charge is 0.194 e. The topological polar surface area (TPSA) is 43.3 Å². The lowest BCUT2D eigenvalue weighted by Crippen LogP contribution is -2.48. The summed E-state index contributed by atoms with van der Waals surface area (Å²) in [5, 5.41) is 3.51. The predicted octanol–water partition coefficient (Wildman–Crippen LogP) is 2.53.